The maximum Gasteiger partial charge on any atom is 0.341 e. The molecule has 3 aromatic rings. The summed E-state index contributed by atoms with van der Waals surface area (Å²) >= 11 is 6.83. The lowest BCUT2D eigenvalue weighted by atomic mass is 9.72. The molecule has 2 fully saturated rings. The second kappa shape index (κ2) is 12.7. The predicted molar refractivity (Wildman–Crippen MR) is 170 cm³/mol. The van der Waals surface area contributed by atoms with Crippen LogP contribution < -0.4 is 4.74 Å². The van der Waals surface area contributed by atoms with E-state index in [2.05, 4.69) is 88.9 Å². The van der Waals surface area contributed by atoms with Gasteiger partial charge in [0.1, 0.15) is 5.75 Å². The van der Waals surface area contributed by atoms with Gasteiger partial charge in [0.15, 0.2) is 6.61 Å². The van der Waals surface area contributed by atoms with Crippen molar-refractivity contribution in [3.05, 3.63) is 101 Å². The summed E-state index contributed by atoms with van der Waals surface area (Å²) in [6.07, 6.45) is 5.32. The molecule has 1 saturated carbocycles. The summed E-state index contributed by atoms with van der Waals surface area (Å²) in [5, 5.41) is 9.83. The summed E-state index contributed by atoms with van der Waals surface area (Å²) in [5.74, 6) is 0.0578. The highest BCUT2D eigenvalue weighted by atomic mass is 35.5. The van der Waals surface area contributed by atoms with Crippen molar-refractivity contribution in [2.24, 2.45) is 11.8 Å². The van der Waals surface area contributed by atoms with Crippen molar-refractivity contribution in [3.8, 4) is 16.9 Å². The van der Waals surface area contributed by atoms with Gasteiger partial charge in [-0.05, 0) is 71.9 Å². The second-order valence-electron chi connectivity index (χ2n) is 13.2. The first-order valence-corrected chi connectivity index (χ1v) is 15.6. The van der Waals surface area contributed by atoms with Crippen LogP contribution in [0.25, 0.3) is 11.1 Å². The molecule has 0 radical (unpaired) electrons. The number of hydrogen-bond acceptors (Lipinski definition) is 3. The van der Waals surface area contributed by atoms with Gasteiger partial charge in [-0.1, -0.05) is 112 Å². The Morgan fingerprint density at radius 1 is 1.02 bits per heavy atom. The van der Waals surface area contributed by atoms with E-state index in [1.807, 2.05) is 12.1 Å². The molecule has 1 aliphatic heterocycles. The third-order valence-corrected chi connectivity index (χ3v) is 9.38. The molecule has 2 aliphatic rings. The number of carboxylic acids is 1. The molecule has 5 heteroatoms. The molecule has 1 saturated heterocycles. The minimum absolute atomic E-state index is 0.0138. The van der Waals surface area contributed by atoms with Crippen LogP contribution in [0.1, 0.15) is 88.5 Å². The van der Waals surface area contributed by atoms with Crippen LogP contribution >= 0.6 is 11.6 Å². The van der Waals surface area contributed by atoms with Crippen LogP contribution in [0.15, 0.2) is 78.9 Å². The predicted octanol–water partition coefficient (Wildman–Crippen LogP) is 9.76. The molecule has 222 valence electrons. The van der Waals surface area contributed by atoms with Crippen molar-refractivity contribution in [1.82, 2.24) is 0 Å². The van der Waals surface area contributed by atoms with Gasteiger partial charge >= 0.3 is 5.97 Å². The zero-order valence-corrected chi connectivity index (χ0v) is 26.0. The Balaban J connectivity index is 1.56. The van der Waals surface area contributed by atoms with Crippen LogP contribution in [-0.2, 0) is 14.9 Å². The Morgan fingerprint density at radius 3 is 2.26 bits per heavy atom. The van der Waals surface area contributed by atoms with Crippen molar-refractivity contribution in [2.45, 2.75) is 83.3 Å². The first kappa shape index (κ1) is 30.4. The average molecular weight is 587 g/mol. The quantitative estimate of drug-likeness (QED) is 0.267. The smallest absolute Gasteiger partial charge is 0.341 e. The number of aliphatic carboxylic acids is 1. The van der Waals surface area contributed by atoms with E-state index in [0.29, 0.717) is 16.7 Å². The lowest BCUT2D eigenvalue weighted by Crippen LogP contribution is -2.40. The van der Waals surface area contributed by atoms with E-state index < -0.39 is 12.6 Å². The third-order valence-electron chi connectivity index (χ3n) is 9.10. The largest absolute Gasteiger partial charge is 0.480 e. The Morgan fingerprint density at radius 2 is 1.67 bits per heavy atom. The van der Waals surface area contributed by atoms with Crippen LogP contribution in [-0.4, -0.2) is 23.8 Å². The molecule has 0 aromatic heterocycles. The van der Waals surface area contributed by atoms with Crippen LogP contribution in [0, 0.1) is 11.8 Å². The second-order valence-corrected chi connectivity index (χ2v) is 13.6. The molecule has 1 N–H and O–H groups in total. The molecule has 4 nitrogen and oxygen atoms in total. The molecule has 0 unspecified atom stereocenters. The molecule has 0 spiro atoms. The Labute approximate surface area is 255 Å². The van der Waals surface area contributed by atoms with Gasteiger partial charge in [-0.2, -0.15) is 0 Å². The normalized spacial score (nSPS) is 23.1. The summed E-state index contributed by atoms with van der Waals surface area (Å²) in [6.45, 7) is 12.5. The molecule has 5 rings (SSSR count). The van der Waals surface area contributed by atoms with E-state index in [9.17, 15) is 9.90 Å². The van der Waals surface area contributed by atoms with E-state index >= 15 is 0 Å². The van der Waals surface area contributed by atoms with E-state index in [1.54, 1.807) is 0 Å². The van der Waals surface area contributed by atoms with E-state index in [0.717, 1.165) is 36.0 Å². The van der Waals surface area contributed by atoms with Crippen LogP contribution in [0.2, 0.25) is 5.02 Å². The van der Waals surface area contributed by atoms with E-state index in [4.69, 9.17) is 21.1 Å². The number of halogens is 1. The summed E-state index contributed by atoms with van der Waals surface area (Å²) < 4.78 is 13.1. The van der Waals surface area contributed by atoms with Crippen molar-refractivity contribution in [3.63, 3.8) is 0 Å². The number of rotatable bonds is 8. The van der Waals surface area contributed by atoms with Crippen LogP contribution in [0.4, 0.5) is 0 Å². The topological polar surface area (TPSA) is 55.8 Å². The SMILES string of the molecule is C=C(C)[C@@H]1C[C@@H](c2ccc(-c3ccccc3)cc2)[C@@H](C2CCCC2)O[C@H]1c1cc(C(C)(C)C)cc(Cl)c1OCC(=O)O. The highest BCUT2D eigenvalue weighted by molar-refractivity contribution is 6.32. The van der Waals surface area contributed by atoms with Crippen LogP contribution in [0.5, 0.6) is 5.75 Å². The monoisotopic (exact) mass is 586 g/mol. The molecule has 3 aromatic carbocycles. The summed E-state index contributed by atoms with van der Waals surface area (Å²) in [7, 11) is 0. The molecule has 42 heavy (non-hydrogen) atoms. The fraction of sp³-hybridized carbons (Fsp3) is 0.432. The van der Waals surface area contributed by atoms with E-state index in [1.165, 1.54) is 29.5 Å². The number of carbonyl (C=O) groups is 1. The summed E-state index contributed by atoms with van der Waals surface area (Å²) in [6, 6.07) is 23.5. The molecular formula is C37H43ClO4. The molecule has 1 aliphatic carbocycles. The van der Waals surface area contributed by atoms with Crippen molar-refractivity contribution < 1.29 is 19.4 Å². The molecule has 0 amide bonds. The Kier molecular flexibility index (Phi) is 9.15. The zero-order chi connectivity index (χ0) is 30.0. The average Bonchev–Trinajstić information content (AvgIpc) is 3.50. The van der Waals surface area contributed by atoms with Crippen molar-refractivity contribution >= 4 is 17.6 Å². The number of ether oxygens (including phenoxy) is 2. The van der Waals surface area contributed by atoms with Gasteiger partial charge in [0, 0.05) is 17.4 Å². The van der Waals surface area contributed by atoms with Gasteiger partial charge in [0.25, 0.3) is 0 Å². The lowest BCUT2D eigenvalue weighted by Gasteiger charge is -2.45. The third kappa shape index (κ3) is 6.61. The van der Waals surface area contributed by atoms with Gasteiger partial charge in [-0.15, -0.1) is 0 Å². The summed E-state index contributed by atoms with van der Waals surface area (Å²) in [5.41, 5.74) is 6.47. The number of carboxylic acid groups (broad SMARTS) is 1. The van der Waals surface area contributed by atoms with Gasteiger partial charge in [-0.25, -0.2) is 4.79 Å². The molecule has 0 bridgehead atoms. The molecule has 4 atom stereocenters. The van der Waals surface area contributed by atoms with Gasteiger partial charge in [0.2, 0.25) is 0 Å². The summed E-state index contributed by atoms with van der Waals surface area (Å²) in [4.78, 5) is 11.5. The first-order valence-electron chi connectivity index (χ1n) is 15.2. The maximum absolute atomic E-state index is 11.5. The van der Waals surface area contributed by atoms with Crippen molar-refractivity contribution in [2.75, 3.05) is 6.61 Å². The highest BCUT2D eigenvalue weighted by Crippen LogP contribution is 2.53. The maximum atomic E-state index is 11.5. The highest BCUT2D eigenvalue weighted by Gasteiger charge is 2.45. The van der Waals surface area contributed by atoms with Gasteiger partial charge in [0.05, 0.1) is 17.2 Å². The van der Waals surface area contributed by atoms with Crippen LogP contribution in [0.3, 0.4) is 0 Å². The molecular weight excluding hydrogens is 544 g/mol. The first-order chi connectivity index (χ1) is 20.0. The minimum Gasteiger partial charge on any atom is -0.480 e. The van der Waals surface area contributed by atoms with E-state index in [-0.39, 0.29) is 29.5 Å². The fourth-order valence-electron chi connectivity index (χ4n) is 6.79. The van der Waals surface area contributed by atoms with Gasteiger partial charge < -0.3 is 14.6 Å². The van der Waals surface area contributed by atoms with Gasteiger partial charge in [-0.3, -0.25) is 0 Å². The standard InChI is InChI=1S/C37H43ClO4/c1-23(2)29-21-30(26-17-15-25(16-18-26)24-11-7-6-8-12-24)34(27-13-9-10-14-27)42-35(29)31-19-28(37(3,4)5)20-32(38)36(31)41-22-33(39)40/h6-8,11-12,15-20,27,29-30,34-35H,1,9-10,13-14,21-22H2,2-5H3,(H,39,40)/t29-,30-,34+,35+/m0/s1. The number of benzene rings is 3. The number of hydrogen-bond donors (Lipinski definition) is 1. The van der Waals surface area contributed by atoms with Crippen molar-refractivity contribution in [1.29, 1.82) is 0 Å². The Bertz CT molecular complexity index is 1400. The minimum atomic E-state index is -1.04. The fourth-order valence-corrected chi connectivity index (χ4v) is 7.07. The zero-order valence-electron chi connectivity index (χ0n) is 25.2. The molecule has 1 heterocycles. The lowest BCUT2D eigenvalue weighted by molar-refractivity contribution is -0.139. The Hall–Kier alpha value is -3.08.